The number of hydrogen-bond donors (Lipinski definition) is 1. The highest BCUT2D eigenvalue weighted by molar-refractivity contribution is 5.94. The van der Waals surface area contributed by atoms with E-state index >= 15 is 0 Å². The molecule has 1 fully saturated rings. The van der Waals surface area contributed by atoms with Crippen LogP contribution < -0.4 is 5.32 Å². The SMILES string of the molecule is COCCC(=O)N1CCC(NC(=O)c2ccc(C(C)C)cc2)CC1. The average Bonchev–Trinajstić information content (AvgIpc) is 2.60. The van der Waals surface area contributed by atoms with Crippen LogP contribution in [-0.4, -0.2) is 49.6 Å². The molecule has 1 heterocycles. The van der Waals surface area contributed by atoms with Gasteiger partial charge in [0.15, 0.2) is 0 Å². The molecule has 5 heteroatoms. The number of piperidine rings is 1. The number of nitrogens with zero attached hydrogens (tertiary/aromatic N) is 1. The predicted molar refractivity (Wildman–Crippen MR) is 94.1 cm³/mol. The lowest BCUT2D eigenvalue weighted by molar-refractivity contribution is -0.133. The number of rotatable bonds is 6. The summed E-state index contributed by atoms with van der Waals surface area (Å²) in [5.74, 6) is 0.558. The maximum Gasteiger partial charge on any atom is 0.251 e. The molecule has 2 rings (SSSR count). The molecule has 1 saturated heterocycles. The molecule has 24 heavy (non-hydrogen) atoms. The number of nitrogens with one attached hydrogen (secondary N) is 1. The number of likely N-dealkylation sites (tertiary alicyclic amines) is 1. The van der Waals surface area contributed by atoms with Crippen LogP contribution in [0.25, 0.3) is 0 Å². The van der Waals surface area contributed by atoms with Crippen molar-refractivity contribution in [3.63, 3.8) is 0 Å². The Labute approximate surface area is 144 Å². The molecule has 5 nitrogen and oxygen atoms in total. The zero-order chi connectivity index (χ0) is 17.5. The second-order valence-electron chi connectivity index (χ2n) is 6.65. The summed E-state index contributed by atoms with van der Waals surface area (Å²) < 4.78 is 4.94. The topological polar surface area (TPSA) is 58.6 Å². The van der Waals surface area contributed by atoms with Crippen molar-refractivity contribution >= 4 is 11.8 Å². The Bertz CT molecular complexity index is 546. The Kier molecular flexibility index (Phi) is 6.79. The monoisotopic (exact) mass is 332 g/mol. The fourth-order valence-corrected chi connectivity index (χ4v) is 2.91. The molecule has 0 radical (unpaired) electrons. The highest BCUT2D eigenvalue weighted by atomic mass is 16.5. The molecule has 0 spiro atoms. The van der Waals surface area contributed by atoms with Crippen LogP contribution in [-0.2, 0) is 9.53 Å². The second kappa shape index (κ2) is 8.83. The van der Waals surface area contributed by atoms with E-state index < -0.39 is 0 Å². The van der Waals surface area contributed by atoms with Crippen LogP contribution in [0.15, 0.2) is 24.3 Å². The van der Waals surface area contributed by atoms with Gasteiger partial charge in [0.1, 0.15) is 0 Å². The van der Waals surface area contributed by atoms with E-state index in [0.29, 0.717) is 37.6 Å². The smallest absolute Gasteiger partial charge is 0.251 e. The molecule has 1 aromatic carbocycles. The van der Waals surface area contributed by atoms with Crippen molar-refractivity contribution in [1.82, 2.24) is 10.2 Å². The van der Waals surface area contributed by atoms with Gasteiger partial charge in [-0.25, -0.2) is 0 Å². The summed E-state index contributed by atoms with van der Waals surface area (Å²) in [6.45, 7) is 6.12. The number of ether oxygens (including phenoxy) is 1. The summed E-state index contributed by atoms with van der Waals surface area (Å²) in [4.78, 5) is 26.2. The van der Waals surface area contributed by atoms with Crippen LogP contribution in [0.2, 0.25) is 0 Å². The van der Waals surface area contributed by atoms with E-state index in [4.69, 9.17) is 4.74 Å². The summed E-state index contributed by atoms with van der Waals surface area (Å²) in [7, 11) is 1.60. The molecule has 0 aliphatic carbocycles. The van der Waals surface area contributed by atoms with E-state index in [1.54, 1.807) is 7.11 Å². The maximum atomic E-state index is 12.3. The van der Waals surface area contributed by atoms with Crippen molar-refractivity contribution in [3.05, 3.63) is 35.4 Å². The van der Waals surface area contributed by atoms with Gasteiger partial charge < -0.3 is 15.0 Å². The normalized spacial score (nSPS) is 15.6. The van der Waals surface area contributed by atoms with Crippen LogP contribution in [0.4, 0.5) is 0 Å². The van der Waals surface area contributed by atoms with Crippen LogP contribution in [0, 0.1) is 0 Å². The van der Waals surface area contributed by atoms with Crippen LogP contribution in [0.5, 0.6) is 0 Å². The first kappa shape index (κ1) is 18.5. The second-order valence-corrected chi connectivity index (χ2v) is 6.65. The lowest BCUT2D eigenvalue weighted by atomic mass is 10.0. The van der Waals surface area contributed by atoms with Crippen molar-refractivity contribution in [2.24, 2.45) is 0 Å². The van der Waals surface area contributed by atoms with Gasteiger partial charge in [-0.05, 0) is 36.5 Å². The minimum Gasteiger partial charge on any atom is -0.384 e. The molecule has 1 aromatic rings. The number of carbonyl (C=O) groups excluding carboxylic acids is 2. The third kappa shape index (κ3) is 5.06. The lowest BCUT2D eigenvalue weighted by Crippen LogP contribution is -2.46. The van der Waals surface area contributed by atoms with Crippen LogP contribution in [0.1, 0.15) is 54.9 Å². The number of methoxy groups -OCH3 is 1. The Morgan fingerprint density at radius 3 is 2.38 bits per heavy atom. The first-order chi connectivity index (χ1) is 11.5. The van der Waals surface area contributed by atoms with Crippen molar-refractivity contribution in [3.8, 4) is 0 Å². The summed E-state index contributed by atoms with van der Waals surface area (Å²) in [6, 6.07) is 7.92. The third-order valence-electron chi connectivity index (χ3n) is 4.54. The van der Waals surface area contributed by atoms with Gasteiger partial charge in [-0.1, -0.05) is 26.0 Å². The standard InChI is InChI=1S/C19H28N2O3/c1-14(2)15-4-6-16(7-5-15)19(23)20-17-8-11-21(12-9-17)18(22)10-13-24-3/h4-7,14,17H,8-13H2,1-3H3,(H,20,23). The number of benzene rings is 1. The van der Waals surface area contributed by atoms with Crippen LogP contribution >= 0.6 is 0 Å². The number of hydrogen-bond acceptors (Lipinski definition) is 3. The van der Waals surface area contributed by atoms with Gasteiger partial charge in [-0.2, -0.15) is 0 Å². The van der Waals surface area contributed by atoms with Crippen molar-refractivity contribution in [1.29, 1.82) is 0 Å². The third-order valence-corrected chi connectivity index (χ3v) is 4.54. The molecule has 0 unspecified atom stereocenters. The number of amides is 2. The Morgan fingerprint density at radius 1 is 1.21 bits per heavy atom. The first-order valence-electron chi connectivity index (χ1n) is 8.68. The van der Waals surface area contributed by atoms with Crippen molar-refractivity contribution < 1.29 is 14.3 Å². The van der Waals surface area contributed by atoms with Crippen molar-refractivity contribution in [2.45, 2.75) is 45.1 Å². The molecule has 1 aliphatic heterocycles. The molecular weight excluding hydrogens is 304 g/mol. The highest BCUT2D eigenvalue weighted by Crippen LogP contribution is 2.16. The van der Waals surface area contributed by atoms with Gasteiger partial charge in [0.05, 0.1) is 13.0 Å². The molecule has 1 aliphatic rings. The number of carbonyl (C=O) groups is 2. The fourth-order valence-electron chi connectivity index (χ4n) is 2.91. The predicted octanol–water partition coefficient (Wildman–Crippen LogP) is 2.57. The lowest BCUT2D eigenvalue weighted by Gasteiger charge is -2.32. The zero-order valence-electron chi connectivity index (χ0n) is 14.9. The fraction of sp³-hybridized carbons (Fsp3) is 0.579. The average molecular weight is 332 g/mol. The van der Waals surface area contributed by atoms with Gasteiger partial charge in [0.2, 0.25) is 5.91 Å². The Morgan fingerprint density at radius 2 is 1.83 bits per heavy atom. The van der Waals surface area contributed by atoms with E-state index in [2.05, 4.69) is 19.2 Å². The molecule has 0 saturated carbocycles. The molecule has 2 amide bonds. The quantitative estimate of drug-likeness (QED) is 0.871. The van der Waals surface area contributed by atoms with Crippen LogP contribution in [0.3, 0.4) is 0 Å². The van der Waals surface area contributed by atoms with E-state index in [1.165, 1.54) is 5.56 Å². The molecule has 1 N–H and O–H groups in total. The largest absolute Gasteiger partial charge is 0.384 e. The molecular formula is C19H28N2O3. The summed E-state index contributed by atoms with van der Waals surface area (Å²) in [6.07, 6.45) is 2.03. The summed E-state index contributed by atoms with van der Waals surface area (Å²) in [5.41, 5.74) is 1.92. The molecule has 132 valence electrons. The molecule has 0 atom stereocenters. The van der Waals surface area contributed by atoms with E-state index in [1.807, 2.05) is 29.2 Å². The zero-order valence-corrected chi connectivity index (χ0v) is 14.9. The molecule has 0 aromatic heterocycles. The first-order valence-corrected chi connectivity index (χ1v) is 8.68. The maximum absolute atomic E-state index is 12.3. The van der Waals surface area contributed by atoms with Gasteiger partial charge in [0, 0.05) is 31.8 Å². The van der Waals surface area contributed by atoms with Gasteiger partial charge >= 0.3 is 0 Å². The Balaban J connectivity index is 1.80. The summed E-state index contributed by atoms with van der Waals surface area (Å²) >= 11 is 0. The minimum atomic E-state index is -0.0329. The minimum absolute atomic E-state index is 0.0329. The summed E-state index contributed by atoms with van der Waals surface area (Å²) in [5, 5.41) is 3.08. The van der Waals surface area contributed by atoms with Gasteiger partial charge in [0.25, 0.3) is 5.91 Å². The van der Waals surface area contributed by atoms with Gasteiger partial charge in [-0.15, -0.1) is 0 Å². The molecule has 0 bridgehead atoms. The van der Waals surface area contributed by atoms with E-state index in [0.717, 1.165) is 12.8 Å². The highest BCUT2D eigenvalue weighted by Gasteiger charge is 2.23. The Hall–Kier alpha value is -1.88. The van der Waals surface area contributed by atoms with E-state index in [9.17, 15) is 9.59 Å². The van der Waals surface area contributed by atoms with Gasteiger partial charge in [-0.3, -0.25) is 9.59 Å². The van der Waals surface area contributed by atoms with E-state index in [-0.39, 0.29) is 17.9 Å². The van der Waals surface area contributed by atoms with Crippen molar-refractivity contribution in [2.75, 3.05) is 26.8 Å².